The van der Waals surface area contributed by atoms with Crippen LogP contribution in [0.4, 0.5) is 0 Å². The molecule has 0 aliphatic carbocycles. The van der Waals surface area contributed by atoms with E-state index in [1.165, 1.54) is 42.6 Å². The first-order valence-corrected chi connectivity index (χ1v) is 10.4. The van der Waals surface area contributed by atoms with Gasteiger partial charge in [0.05, 0.1) is 6.04 Å². The summed E-state index contributed by atoms with van der Waals surface area (Å²) in [7, 11) is 0. The molecule has 4 aliphatic heterocycles. The van der Waals surface area contributed by atoms with Gasteiger partial charge < -0.3 is 9.80 Å². The summed E-state index contributed by atoms with van der Waals surface area (Å²) in [5.41, 5.74) is 3.92. The summed E-state index contributed by atoms with van der Waals surface area (Å²) in [4.78, 5) is 18.2. The Bertz CT molecular complexity index is 810. The predicted octanol–water partition coefficient (Wildman–Crippen LogP) is 3.89. The fourth-order valence-electron chi connectivity index (χ4n) is 5.49. The SMILES string of the molecule is O=C(CC1CN2CCC1CC2)N1CCc2ccccc2[C@@H]1c1ccccc1. The zero-order valence-corrected chi connectivity index (χ0v) is 15.9. The molecule has 4 heterocycles. The quantitative estimate of drug-likeness (QED) is 0.829. The van der Waals surface area contributed by atoms with Gasteiger partial charge in [-0.15, -0.1) is 0 Å². The van der Waals surface area contributed by atoms with Crippen molar-refractivity contribution in [3.63, 3.8) is 0 Å². The van der Waals surface area contributed by atoms with Crippen molar-refractivity contribution in [1.29, 1.82) is 0 Å². The average Bonchev–Trinajstić information content (AvgIpc) is 2.74. The van der Waals surface area contributed by atoms with Crippen molar-refractivity contribution >= 4 is 5.91 Å². The third-order valence-electron chi connectivity index (χ3n) is 6.95. The first kappa shape index (κ1) is 17.0. The summed E-state index contributed by atoms with van der Waals surface area (Å²) >= 11 is 0. The van der Waals surface area contributed by atoms with Gasteiger partial charge in [-0.2, -0.15) is 0 Å². The molecule has 3 saturated heterocycles. The van der Waals surface area contributed by atoms with E-state index in [-0.39, 0.29) is 6.04 Å². The highest BCUT2D eigenvalue weighted by Gasteiger charge is 2.38. The molecule has 1 amide bonds. The molecule has 4 aliphatic rings. The van der Waals surface area contributed by atoms with E-state index in [9.17, 15) is 4.79 Å². The largest absolute Gasteiger partial charge is 0.331 e. The summed E-state index contributed by atoms with van der Waals surface area (Å²) in [5.74, 6) is 1.65. The van der Waals surface area contributed by atoms with Crippen LogP contribution >= 0.6 is 0 Å². The van der Waals surface area contributed by atoms with Gasteiger partial charge in [0.25, 0.3) is 0 Å². The molecule has 0 spiro atoms. The van der Waals surface area contributed by atoms with Crippen molar-refractivity contribution in [1.82, 2.24) is 9.80 Å². The zero-order valence-electron chi connectivity index (χ0n) is 15.9. The minimum atomic E-state index is 0.0599. The van der Waals surface area contributed by atoms with Gasteiger partial charge in [-0.05, 0) is 60.9 Å². The Morgan fingerprint density at radius 3 is 2.41 bits per heavy atom. The number of carbonyl (C=O) groups is 1. The number of benzene rings is 2. The summed E-state index contributed by atoms with van der Waals surface area (Å²) in [6.07, 6.45) is 4.24. The highest BCUT2D eigenvalue weighted by Crippen LogP contribution is 2.38. The van der Waals surface area contributed by atoms with E-state index in [0.29, 0.717) is 18.2 Å². The Labute approximate surface area is 162 Å². The number of rotatable bonds is 3. The Balaban J connectivity index is 1.43. The summed E-state index contributed by atoms with van der Waals surface area (Å²) in [5, 5.41) is 0. The molecular formula is C24H28N2O. The van der Waals surface area contributed by atoms with Crippen LogP contribution in [0.2, 0.25) is 0 Å². The van der Waals surface area contributed by atoms with Crippen LogP contribution in [0.3, 0.4) is 0 Å². The van der Waals surface area contributed by atoms with E-state index in [1.807, 2.05) is 0 Å². The predicted molar refractivity (Wildman–Crippen MR) is 107 cm³/mol. The summed E-state index contributed by atoms with van der Waals surface area (Å²) in [6, 6.07) is 19.3. The van der Waals surface area contributed by atoms with E-state index in [4.69, 9.17) is 0 Å². The molecule has 0 saturated carbocycles. The molecule has 3 fully saturated rings. The Kier molecular flexibility index (Phi) is 4.48. The van der Waals surface area contributed by atoms with Crippen molar-refractivity contribution in [3.05, 3.63) is 71.3 Å². The second kappa shape index (κ2) is 7.12. The number of fused-ring (bicyclic) bond motifs is 4. The minimum absolute atomic E-state index is 0.0599. The van der Waals surface area contributed by atoms with Crippen molar-refractivity contribution in [2.75, 3.05) is 26.2 Å². The van der Waals surface area contributed by atoms with Crippen LogP contribution in [0.25, 0.3) is 0 Å². The molecular weight excluding hydrogens is 332 g/mol. The number of nitrogens with zero attached hydrogens (tertiary/aromatic N) is 2. The van der Waals surface area contributed by atoms with Gasteiger partial charge in [-0.25, -0.2) is 0 Å². The number of carbonyl (C=O) groups excluding carboxylic acids is 1. The van der Waals surface area contributed by atoms with E-state index >= 15 is 0 Å². The van der Waals surface area contributed by atoms with E-state index < -0.39 is 0 Å². The topological polar surface area (TPSA) is 23.6 Å². The molecule has 6 rings (SSSR count). The van der Waals surface area contributed by atoms with Gasteiger partial charge in [-0.3, -0.25) is 4.79 Å². The first-order chi connectivity index (χ1) is 13.3. The molecule has 0 aromatic heterocycles. The standard InChI is InChI=1S/C24H28N2O/c27-23(16-21-17-25-13-10-18(21)11-14-25)26-15-12-19-6-4-5-9-22(19)24(26)20-7-2-1-3-8-20/h1-9,18,21,24H,10-17H2/t21?,24-/m0/s1. The van der Waals surface area contributed by atoms with Crippen molar-refractivity contribution in [3.8, 4) is 0 Å². The smallest absolute Gasteiger partial charge is 0.223 e. The van der Waals surface area contributed by atoms with E-state index in [2.05, 4.69) is 64.4 Å². The molecule has 3 nitrogen and oxygen atoms in total. The minimum Gasteiger partial charge on any atom is -0.331 e. The molecule has 3 heteroatoms. The van der Waals surface area contributed by atoms with Crippen molar-refractivity contribution in [2.45, 2.75) is 31.7 Å². The maximum absolute atomic E-state index is 13.4. The average molecular weight is 361 g/mol. The summed E-state index contributed by atoms with van der Waals surface area (Å²) < 4.78 is 0. The lowest BCUT2D eigenvalue weighted by Gasteiger charge is -2.46. The van der Waals surface area contributed by atoms with Crippen LogP contribution in [-0.2, 0) is 11.2 Å². The van der Waals surface area contributed by atoms with Gasteiger partial charge >= 0.3 is 0 Å². The number of amides is 1. The van der Waals surface area contributed by atoms with Gasteiger partial charge in [0.1, 0.15) is 0 Å². The molecule has 27 heavy (non-hydrogen) atoms. The highest BCUT2D eigenvalue weighted by molar-refractivity contribution is 5.78. The lowest BCUT2D eigenvalue weighted by atomic mass is 9.77. The van der Waals surface area contributed by atoms with Gasteiger partial charge in [-0.1, -0.05) is 54.6 Å². The molecule has 1 unspecified atom stereocenters. The van der Waals surface area contributed by atoms with Gasteiger partial charge in [0.2, 0.25) is 5.91 Å². The van der Waals surface area contributed by atoms with Crippen molar-refractivity contribution < 1.29 is 4.79 Å². The maximum atomic E-state index is 13.4. The molecule has 2 aromatic carbocycles. The Morgan fingerprint density at radius 2 is 1.67 bits per heavy atom. The van der Waals surface area contributed by atoms with Crippen LogP contribution in [-0.4, -0.2) is 41.9 Å². The molecule has 2 atom stereocenters. The van der Waals surface area contributed by atoms with Crippen LogP contribution < -0.4 is 0 Å². The van der Waals surface area contributed by atoms with E-state index in [0.717, 1.165) is 25.4 Å². The Morgan fingerprint density at radius 1 is 0.926 bits per heavy atom. The van der Waals surface area contributed by atoms with Gasteiger partial charge in [0, 0.05) is 19.5 Å². The fraction of sp³-hybridized carbons (Fsp3) is 0.458. The molecule has 0 radical (unpaired) electrons. The third kappa shape index (κ3) is 3.19. The lowest BCUT2D eigenvalue weighted by Crippen LogP contribution is -2.49. The Hall–Kier alpha value is -2.13. The van der Waals surface area contributed by atoms with Crippen LogP contribution in [0.15, 0.2) is 54.6 Å². The van der Waals surface area contributed by atoms with Crippen LogP contribution in [0, 0.1) is 11.8 Å². The van der Waals surface area contributed by atoms with E-state index in [1.54, 1.807) is 0 Å². The zero-order chi connectivity index (χ0) is 18.2. The number of piperidine rings is 3. The second-order valence-electron chi connectivity index (χ2n) is 8.45. The van der Waals surface area contributed by atoms with Crippen molar-refractivity contribution in [2.24, 2.45) is 11.8 Å². The molecule has 140 valence electrons. The number of hydrogen-bond acceptors (Lipinski definition) is 2. The maximum Gasteiger partial charge on any atom is 0.223 e. The molecule has 2 bridgehead atoms. The van der Waals surface area contributed by atoms with Crippen LogP contribution in [0.1, 0.15) is 42.0 Å². The third-order valence-corrected chi connectivity index (χ3v) is 6.95. The normalized spacial score (nSPS) is 29.4. The second-order valence-corrected chi connectivity index (χ2v) is 8.45. The highest BCUT2D eigenvalue weighted by atomic mass is 16.2. The van der Waals surface area contributed by atoms with Gasteiger partial charge in [0.15, 0.2) is 0 Å². The number of hydrogen-bond donors (Lipinski definition) is 0. The lowest BCUT2D eigenvalue weighted by molar-refractivity contribution is -0.136. The first-order valence-electron chi connectivity index (χ1n) is 10.4. The molecule has 0 N–H and O–H groups in total. The van der Waals surface area contributed by atoms with Crippen LogP contribution in [0.5, 0.6) is 0 Å². The fourth-order valence-corrected chi connectivity index (χ4v) is 5.49. The monoisotopic (exact) mass is 360 g/mol. The molecule has 2 aromatic rings. The summed E-state index contributed by atoms with van der Waals surface area (Å²) in [6.45, 7) is 4.42.